The van der Waals surface area contributed by atoms with Gasteiger partial charge >= 0.3 is 0 Å². The van der Waals surface area contributed by atoms with Crippen molar-refractivity contribution in [3.63, 3.8) is 0 Å². The van der Waals surface area contributed by atoms with E-state index in [2.05, 4.69) is 195 Å². The molecule has 0 heterocycles. The molecule has 0 fully saturated rings. The number of anilines is 3. The lowest BCUT2D eigenvalue weighted by Crippen LogP contribution is -2.15. The Morgan fingerprint density at radius 2 is 0.854 bits per heavy atom. The van der Waals surface area contributed by atoms with Crippen molar-refractivity contribution in [3.8, 4) is 33.4 Å². The van der Waals surface area contributed by atoms with Crippen LogP contribution in [0.2, 0.25) is 0 Å². The standard InChI is InChI=1S/C47H35N/c1-47(2)44-20-12-11-19-42(44)45-40-18-10-9-17-39(40)43-31-38(29-30-41(43)46(45)47)48(36-25-21-34(22-26-36)32-13-5-3-6-14-32)37-27-23-35(24-28-37)33-15-7-4-8-16-33/h3-31H,1-2H3. The van der Waals surface area contributed by atoms with E-state index in [1.807, 2.05) is 0 Å². The Hall–Kier alpha value is -5.92. The summed E-state index contributed by atoms with van der Waals surface area (Å²) >= 11 is 0. The molecule has 0 N–H and O–H groups in total. The minimum atomic E-state index is -0.101. The molecule has 1 heteroatoms. The average molecular weight is 614 g/mol. The second-order valence-electron chi connectivity index (χ2n) is 13.4. The van der Waals surface area contributed by atoms with Gasteiger partial charge in [-0.1, -0.05) is 153 Å². The minimum Gasteiger partial charge on any atom is -0.310 e. The normalized spacial score (nSPS) is 13.0. The lowest BCUT2D eigenvalue weighted by molar-refractivity contribution is 0.666. The predicted octanol–water partition coefficient (Wildman–Crippen LogP) is 13.1. The summed E-state index contributed by atoms with van der Waals surface area (Å²) in [5.41, 5.74) is 13.7. The van der Waals surface area contributed by atoms with Gasteiger partial charge in [0.25, 0.3) is 0 Å². The molecule has 8 aromatic rings. The van der Waals surface area contributed by atoms with Crippen molar-refractivity contribution in [2.75, 3.05) is 4.90 Å². The second kappa shape index (κ2) is 11.1. The third-order valence-corrected chi connectivity index (χ3v) is 10.2. The lowest BCUT2D eigenvalue weighted by Gasteiger charge is -2.28. The van der Waals surface area contributed by atoms with Crippen molar-refractivity contribution in [1.29, 1.82) is 0 Å². The van der Waals surface area contributed by atoms with E-state index in [0.29, 0.717) is 0 Å². The zero-order valence-electron chi connectivity index (χ0n) is 27.2. The van der Waals surface area contributed by atoms with E-state index in [1.54, 1.807) is 0 Å². The Kier molecular flexibility index (Phi) is 6.55. The smallest absolute Gasteiger partial charge is 0.0468 e. The molecule has 1 aliphatic rings. The Balaban J connectivity index is 1.25. The molecule has 1 aliphatic carbocycles. The van der Waals surface area contributed by atoms with E-state index < -0.39 is 0 Å². The first-order chi connectivity index (χ1) is 23.6. The van der Waals surface area contributed by atoms with Crippen LogP contribution in [0.1, 0.15) is 25.0 Å². The minimum absolute atomic E-state index is 0.101. The molecule has 0 bridgehead atoms. The topological polar surface area (TPSA) is 3.24 Å². The summed E-state index contributed by atoms with van der Waals surface area (Å²) in [6.45, 7) is 4.77. The van der Waals surface area contributed by atoms with Crippen LogP contribution < -0.4 is 4.90 Å². The molecule has 0 unspecified atom stereocenters. The summed E-state index contributed by atoms with van der Waals surface area (Å²) in [5, 5.41) is 5.22. The zero-order chi connectivity index (χ0) is 32.2. The average Bonchev–Trinajstić information content (AvgIpc) is 3.40. The van der Waals surface area contributed by atoms with Crippen molar-refractivity contribution in [1.82, 2.24) is 0 Å². The van der Waals surface area contributed by atoms with Gasteiger partial charge in [0.1, 0.15) is 0 Å². The highest BCUT2D eigenvalue weighted by Crippen LogP contribution is 2.55. The van der Waals surface area contributed by atoms with E-state index in [0.717, 1.165) is 17.1 Å². The molecule has 8 aromatic carbocycles. The largest absolute Gasteiger partial charge is 0.310 e. The van der Waals surface area contributed by atoms with Gasteiger partial charge in [-0.25, -0.2) is 0 Å². The number of hydrogen-bond acceptors (Lipinski definition) is 1. The summed E-state index contributed by atoms with van der Waals surface area (Å²) < 4.78 is 0. The van der Waals surface area contributed by atoms with Gasteiger partial charge in [0.05, 0.1) is 0 Å². The van der Waals surface area contributed by atoms with Gasteiger partial charge in [0, 0.05) is 22.5 Å². The fourth-order valence-electron chi connectivity index (χ4n) is 7.94. The summed E-state index contributed by atoms with van der Waals surface area (Å²) in [6.07, 6.45) is 0. The lowest BCUT2D eigenvalue weighted by atomic mass is 9.79. The maximum atomic E-state index is 2.41. The predicted molar refractivity (Wildman–Crippen MR) is 205 cm³/mol. The van der Waals surface area contributed by atoms with Crippen LogP contribution in [0.15, 0.2) is 176 Å². The van der Waals surface area contributed by atoms with E-state index in [1.165, 1.54) is 66.1 Å². The molecule has 0 spiro atoms. The summed E-state index contributed by atoms with van der Waals surface area (Å²) in [4.78, 5) is 2.39. The number of nitrogens with zero attached hydrogens (tertiary/aromatic N) is 1. The van der Waals surface area contributed by atoms with Crippen molar-refractivity contribution < 1.29 is 0 Å². The van der Waals surface area contributed by atoms with Crippen molar-refractivity contribution in [3.05, 3.63) is 187 Å². The fraction of sp³-hybridized carbons (Fsp3) is 0.0638. The highest BCUT2D eigenvalue weighted by molar-refractivity contribution is 6.19. The molecule has 1 nitrogen and oxygen atoms in total. The first-order valence-electron chi connectivity index (χ1n) is 16.8. The van der Waals surface area contributed by atoms with Gasteiger partial charge in [-0.05, 0) is 102 Å². The molecular weight excluding hydrogens is 579 g/mol. The van der Waals surface area contributed by atoms with Crippen LogP contribution in [-0.4, -0.2) is 0 Å². The molecule has 0 saturated heterocycles. The Labute approximate surface area is 282 Å². The molecule has 0 aromatic heterocycles. The molecule has 0 saturated carbocycles. The molecule has 0 amide bonds. The van der Waals surface area contributed by atoms with Crippen LogP contribution in [0.25, 0.3) is 54.9 Å². The molecule has 48 heavy (non-hydrogen) atoms. The molecule has 228 valence electrons. The monoisotopic (exact) mass is 613 g/mol. The summed E-state index contributed by atoms with van der Waals surface area (Å²) in [5.74, 6) is 0. The Morgan fingerprint density at radius 1 is 0.375 bits per heavy atom. The van der Waals surface area contributed by atoms with Crippen LogP contribution in [0.3, 0.4) is 0 Å². The van der Waals surface area contributed by atoms with Crippen LogP contribution in [0.4, 0.5) is 17.1 Å². The van der Waals surface area contributed by atoms with Crippen LogP contribution in [0, 0.1) is 0 Å². The Bertz CT molecular complexity index is 2360. The van der Waals surface area contributed by atoms with Gasteiger partial charge in [-0.15, -0.1) is 0 Å². The first-order valence-corrected chi connectivity index (χ1v) is 16.8. The molecule has 9 rings (SSSR count). The number of hydrogen-bond donors (Lipinski definition) is 0. The van der Waals surface area contributed by atoms with Gasteiger partial charge in [-0.3, -0.25) is 0 Å². The van der Waals surface area contributed by atoms with Crippen molar-refractivity contribution in [2.45, 2.75) is 19.3 Å². The van der Waals surface area contributed by atoms with Crippen molar-refractivity contribution >= 4 is 38.6 Å². The SMILES string of the molecule is CC1(C)c2ccccc2-c2c1c1ccc(N(c3ccc(-c4ccccc4)cc3)c3ccc(-c4ccccc4)cc3)cc1c1ccccc21. The third kappa shape index (κ3) is 4.47. The quantitative estimate of drug-likeness (QED) is 0.175. The van der Waals surface area contributed by atoms with E-state index in [9.17, 15) is 0 Å². The van der Waals surface area contributed by atoms with Gasteiger partial charge < -0.3 is 4.90 Å². The molecular formula is C47H35N. The highest BCUT2D eigenvalue weighted by atomic mass is 15.1. The van der Waals surface area contributed by atoms with Gasteiger partial charge in [-0.2, -0.15) is 0 Å². The molecule has 0 radical (unpaired) electrons. The first kappa shape index (κ1) is 28.3. The maximum Gasteiger partial charge on any atom is 0.0468 e. The zero-order valence-corrected chi connectivity index (χ0v) is 27.2. The van der Waals surface area contributed by atoms with E-state index in [4.69, 9.17) is 0 Å². The number of rotatable bonds is 5. The molecule has 0 aliphatic heterocycles. The summed E-state index contributed by atoms with van der Waals surface area (Å²) in [7, 11) is 0. The fourth-order valence-corrected chi connectivity index (χ4v) is 7.94. The Morgan fingerprint density at radius 3 is 1.46 bits per heavy atom. The van der Waals surface area contributed by atoms with Crippen LogP contribution >= 0.6 is 0 Å². The van der Waals surface area contributed by atoms with E-state index in [-0.39, 0.29) is 5.41 Å². The third-order valence-electron chi connectivity index (χ3n) is 10.2. The van der Waals surface area contributed by atoms with E-state index >= 15 is 0 Å². The second-order valence-corrected chi connectivity index (χ2v) is 13.4. The maximum absolute atomic E-state index is 2.41. The summed E-state index contributed by atoms with van der Waals surface area (Å²) in [6, 6.07) is 64.1. The van der Waals surface area contributed by atoms with Crippen LogP contribution in [0.5, 0.6) is 0 Å². The van der Waals surface area contributed by atoms with Gasteiger partial charge in [0.15, 0.2) is 0 Å². The number of fused-ring (bicyclic) bond motifs is 8. The van der Waals surface area contributed by atoms with Crippen LogP contribution in [-0.2, 0) is 5.41 Å². The van der Waals surface area contributed by atoms with Gasteiger partial charge in [0.2, 0.25) is 0 Å². The molecule has 0 atom stereocenters. The van der Waals surface area contributed by atoms with Crippen molar-refractivity contribution in [2.24, 2.45) is 0 Å². The highest BCUT2D eigenvalue weighted by Gasteiger charge is 2.38. The number of benzene rings is 8.